The van der Waals surface area contributed by atoms with E-state index in [9.17, 15) is 43.5 Å². The highest BCUT2D eigenvalue weighted by Crippen LogP contribution is 2.45. The molecule has 5 atom stereocenters. The third-order valence-electron chi connectivity index (χ3n) is 15.1. The number of hydrogen-bond acceptors (Lipinski definition) is 14. The standard InChI is InChI=1S/C69H128O16P2/c1-4-7-10-13-16-19-22-23-24-25-26-27-28-29-30-31-32-33-34-35-36-37-38-39-42-44-46-49-52-55-67(72)79-58-64(70)59-81-86(75,76)82-60-65(71)61-83-87(77,78)84-63-66(85-69(74)57-54-51-48-45-41-21-18-15-12-9-6-3)62-80-68(73)56-53-50-47-43-40-20-17-14-11-8-5-2/h16,19,23-24,26-27,29-30,64-66,70-71H,4-15,17-18,20-22,25,28,31-63H2,1-3H3,(H,75,76)(H,77,78)/b19-16-,24-23-,27-26-,30-29-. The number of aliphatic hydroxyl groups is 2. The summed E-state index contributed by atoms with van der Waals surface area (Å²) in [5.41, 5.74) is 0. The van der Waals surface area contributed by atoms with Crippen molar-refractivity contribution in [3.8, 4) is 0 Å². The van der Waals surface area contributed by atoms with Crippen LogP contribution in [-0.2, 0) is 55.8 Å². The van der Waals surface area contributed by atoms with E-state index in [-0.39, 0.29) is 19.3 Å². The first-order chi connectivity index (χ1) is 42.2. The molecule has 0 aliphatic rings. The first-order valence-corrected chi connectivity index (χ1v) is 37.9. The zero-order chi connectivity index (χ0) is 63.8. The third kappa shape index (κ3) is 64.8. The van der Waals surface area contributed by atoms with Gasteiger partial charge in [0.05, 0.1) is 26.4 Å². The molecule has 0 aliphatic heterocycles. The molecule has 0 amide bonds. The molecule has 0 saturated carbocycles. The van der Waals surface area contributed by atoms with Crippen LogP contribution in [0.3, 0.4) is 0 Å². The molecule has 0 aromatic heterocycles. The van der Waals surface area contributed by atoms with E-state index in [1.165, 1.54) is 167 Å². The number of ether oxygens (including phenoxy) is 3. The van der Waals surface area contributed by atoms with Crippen LogP contribution in [0.2, 0.25) is 0 Å². The van der Waals surface area contributed by atoms with Crippen molar-refractivity contribution in [3.05, 3.63) is 48.6 Å². The van der Waals surface area contributed by atoms with E-state index in [1.807, 2.05) is 0 Å². The maximum absolute atomic E-state index is 12.8. The smallest absolute Gasteiger partial charge is 0.463 e. The van der Waals surface area contributed by atoms with Gasteiger partial charge in [-0.15, -0.1) is 0 Å². The molecule has 0 spiro atoms. The minimum absolute atomic E-state index is 0.113. The van der Waals surface area contributed by atoms with Gasteiger partial charge >= 0.3 is 33.6 Å². The van der Waals surface area contributed by atoms with Crippen LogP contribution >= 0.6 is 15.6 Å². The number of phosphoric ester groups is 2. The first kappa shape index (κ1) is 84.5. The van der Waals surface area contributed by atoms with Gasteiger partial charge in [0.1, 0.15) is 25.4 Å². The van der Waals surface area contributed by atoms with Crippen molar-refractivity contribution in [3.63, 3.8) is 0 Å². The lowest BCUT2D eigenvalue weighted by atomic mass is 10.0. The number of rotatable bonds is 67. The monoisotopic (exact) mass is 1270 g/mol. The number of allylic oxidation sites excluding steroid dienone is 8. The molecule has 0 aromatic carbocycles. The molecule has 0 fully saturated rings. The van der Waals surface area contributed by atoms with Gasteiger partial charge in [0, 0.05) is 19.3 Å². The van der Waals surface area contributed by atoms with Gasteiger partial charge in [-0.2, -0.15) is 0 Å². The van der Waals surface area contributed by atoms with Crippen molar-refractivity contribution in [2.45, 2.75) is 334 Å². The molecule has 0 bridgehead atoms. The zero-order valence-corrected chi connectivity index (χ0v) is 57.0. The number of hydrogen-bond donors (Lipinski definition) is 4. The second-order valence-corrected chi connectivity index (χ2v) is 26.6. The second-order valence-electron chi connectivity index (χ2n) is 23.7. The highest BCUT2D eigenvalue weighted by atomic mass is 31.2. The Balaban J connectivity index is 4.33. The van der Waals surface area contributed by atoms with E-state index in [4.69, 9.17) is 32.3 Å². The van der Waals surface area contributed by atoms with Crippen molar-refractivity contribution in [2.24, 2.45) is 0 Å². The summed E-state index contributed by atoms with van der Waals surface area (Å²) < 4.78 is 60.7. The zero-order valence-electron chi connectivity index (χ0n) is 55.2. The predicted octanol–water partition coefficient (Wildman–Crippen LogP) is 19.2. The Bertz CT molecular complexity index is 1790. The van der Waals surface area contributed by atoms with Gasteiger partial charge in [0.25, 0.3) is 0 Å². The van der Waals surface area contributed by atoms with Crippen molar-refractivity contribution in [2.75, 3.05) is 39.6 Å². The number of aliphatic hydroxyl groups excluding tert-OH is 2. The molecule has 510 valence electrons. The van der Waals surface area contributed by atoms with E-state index < -0.39 is 91.5 Å². The quantitative estimate of drug-likeness (QED) is 0.0146. The summed E-state index contributed by atoms with van der Waals surface area (Å²) in [5.74, 6) is -1.56. The summed E-state index contributed by atoms with van der Waals surface area (Å²) in [4.78, 5) is 58.1. The molecule has 0 aromatic rings. The number of phosphoric acid groups is 2. The Morgan fingerprint density at radius 2 is 0.575 bits per heavy atom. The Kier molecular flexibility index (Phi) is 61.8. The van der Waals surface area contributed by atoms with Gasteiger partial charge in [0.2, 0.25) is 0 Å². The summed E-state index contributed by atoms with van der Waals surface area (Å²) >= 11 is 0. The van der Waals surface area contributed by atoms with Gasteiger partial charge in [-0.05, 0) is 64.2 Å². The predicted molar refractivity (Wildman–Crippen MR) is 353 cm³/mol. The van der Waals surface area contributed by atoms with Gasteiger partial charge in [-0.25, -0.2) is 9.13 Å². The maximum atomic E-state index is 12.8. The van der Waals surface area contributed by atoms with Gasteiger partial charge in [-0.1, -0.05) is 281 Å². The van der Waals surface area contributed by atoms with Crippen molar-refractivity contribution >= 4 is 33.6 Å². The molecule has 87 heavy (non-hydrogen) atoms. The number of unbranched alkanes of at least 4 members (excludes halogenated alkanes) is 36. The van der Waals surface area contributed by atoms with Gasteiger partial charge < -0.3 is 34.2 Å². The molecule has 0 rings (SSSR count). The van der Waals surface area contributed by atoms with Crippen molar-refractivity contribution < 1.29 is 75.8 Å². The molecule has 0 saturated heterocycles. The van der Waals surface area contributed by atoms with E-state index in [2.05, 4.69) is 69.4 Å². The highest BCUT2D eigenvalue weighted by Gasteiger charge is 2.29. The molecule has 16 nitrogen and oxygen atoms in total. The summed E-state index contributed by atoms with van der Waals surface area (Å²) in [7, 11) is -9.74. The lowest BCUT2D eigenvalue weighted by Crippen LogP contribution is -2.30. The van der Waals surface area contributed by atoms with Gasteiger partial charge in [0.15, 0.2) is 6.10 Å². The largest absolute Gasteiger partial charge is 0.472 e. The maximum Gasteiger partial charge on any atom is 0.472 e. The Morgan fingerprint density at radius 1 is 0.322 bits per heavy atom. The fraction of sp³-hybridized carbons (Fsp3) is 0.841. The van der Waals surface area contributed by atoms with Gasteiger partial charge in [-0.3, -0.25) is 32.5 Å². The molecular formula is C69H128O16P2. The minimum Gasteiger partial charge on any atom is -0.463 e. The molecule has 4 N–H and O–H groups in total. The Labute approximate surface area is 529 Å². The van der Waals surface area contributed by atoms with Crippen LogP contribution in [0, 0.1) is 0 Å². The highest BCUT2D eigenvalue weighted by molar-refractivity contribution is 7.47. The number of esters is 3. The van der Waals surface area contributed by atoms with E-state index in [0.717, 1.165) is 89.9 Å². The first-order valence-electron chi connectivity index (χ1n) is 34.9. The average molecular weight is 1280 g/mol. The van der Waals surface area contributed by atoms with E-state index in [1.54, 1.807) is 0 Å². The topological polar surface area (TPSA) is 231 Å². The van der Waals surface area contributed by atoms with Crippen LogP contribution in [0.5, 0.6) is 0 Å². The normalized spacial score (nSPS) is 14.5. The second kappa shape index (κ2) is 63.6. The molecule has 0 radical (unpaired) electrons. The Morgan fingerprint density at radius 3 is 0.931 bits per heavy atom. The molecule has 5 unspecified atom stereocenters. The van der Waals surface area contributed by atoms with Crippen LogP contribution in [0.15, 0.2) is 48.6 Å². The molecule has 0 aliphatic carbocycles. The SMILES string of the molecule is CCCCC/C=C\C/C=C\C/C=C\C/C=C\CCCCCCCCCCCCCCCC(=O)OCC(O)COP(=O)(O)OCC(O)COP(=O)(O)OCC(COC(=O)CCCCCCCCCCCCC)OC(=O)CCCCCCCCCCCCC. The number of carbonyl (C=O) groups is 3. The Hall–Kier alpha value is -2.49. The van der Waals surface area contributed by atoms with Crippen LogP contribution in [0.25, 0.3) is 0 Å². The van der Waals surface area contributed by atoms with Crippen LogP contribution < -0.4 is 0 Å². The summed E-state index contributed by atoms with van der Waals surface area (Å²) in [5, 5.41) is 20.5. The fourth-order valence-corrected chi connectivity index (χ4v) is 11.3. The van der Waals surface area contributed by atoms with Crippen LogP contribution in [0.4, 0.5) is 0 Å². The molecule has 0 heterocycles. The van der Waals surface area contributed by atoms with E-state index in [0.29, 0.717) is 19.3 Å². The lowest BCUT2D eigenvalue weighted by molar-refractivity contribution is -0.161. The third-order valence-corrected chi connectivity index (χ3v) is 17.0. The molecule has 18 heteroatoms. The van der Waals surface area contributed by atoms with Crippen molar-refractivity contribution in [1.29, 1.82) is 0 Å². The molecular weight excluding hydrogens is 1150 g/mol. The lowest BCUT2D eigenvalue weighted by Gasteiger charge is -2.21. The number of carbonyl (C=O) groups excluding carboxylic acids is 3. The fourth-order valence-electron chi connectivity index (χ4n) is 9.67. The summed E-state index contributed by atoms with van der Waals surface area (Å²) in [6, 6.07) is 0. The van der Waals surface area contributed by atoms with Crippen molar-refractivity contribution in [1.82, 2.24) is 0 Å². The minimum atomic E-state index is -4.90. The average Bonchev–Trinajstić information content (AvgIpc) is 3.62. The summed E-state index contributed by atoms with van der Waals surface area (Å²) in [6.07, 6.45) is 63.4. The summed E-state index contributed by atoms with van der Waals surface area (Å²) in [6.45, 7) is 2.66. The van der Waals surface area contributed by atoms with Crippen LogP contribution in [-0.4, -0.2) is 95.9 Å². The van der Waals surface area contributed by atoms with Crippen LogP contribution in [0.1, 0.15) is 316 Å². The van der Waals surface area contributed by atoms with E-state index >= 15 is 0 Å².